The molecule has 0 saturated carbocycles. The third-order valence-corrected chi connectivity index (χ3v) is 6.91. The van der Waals surface area contributed by atoms with E-state index in [4.69, 9.17) is 9.47 Å². The minimum atomic E-state index is -0.459. The Kier molecular flexibility index (Phi) is 11.5. The molecule has 2 aromatic heterocycles. The van der Waals surface area contributed by atoms with E-state index in [1.807, 2.05) is 30.9 Å². The van der Waals surface area contributed by atoms with Gasteiger partial charge in [0.25, 0.3) is 0 Å². The molecule has 0 aromatic carbocycles. The van der Waals surface area contributed by atoms with Gasteiger partial charge in [-0.25, -0.2) is 0 Å². The fraction of sp³-hybridized carbons (Fsp3) is 0.731. The van der Waals surface area contributed by atoms with Crippen LogP contribution in [-0.2, 0) is 36.4 Å². The summed E-state index contributed by atoms with van der Waals surface area (Å²) in [5, 5.41) is 18.8. The van der Waals surface area contributed by atoms with Crippen molar-refractivity contribution in [2.75, 3.05) is 65.7 Å². The monoisotopic (exact) mass is 504 g/mol. The first-order chi connectivity index (χ1) is 17.4. The third-order valence-electron chi connectivity index (χ3n) is 6.91. The van der Waals surface area contributed by atoms with Gasteiger partial charge in [0.1, 0.15) is 5.69 Å². The Bertz CT molecular complexity index is 931. The number of morpholine rings is 2. The van der Waals surface area contributed by atoms with Crippen molar-refractivity contribution >= 4 is 5.78 Å². The van der Waals surface area contributed by atoms with Crippen LogP contribution in [0, 0.1) is 0 Å². The Balaban J connectivity index is 0.000000201. The number of rotatable bonds is 10. The van der Waals surface area contributed by atoms with E-state index in [0.717, 1.165) is 102 Å². The average molecular weight is 505 g/mol. The van der Waals surface area contributed by atoms with Crippen molar-refractivity contribution in [2.45, 2.75) is 45.6 Å². The zero-order valence-corrected chi connectivity index (χ0v) is 22.5. The summed E-state index contributed by atoms with van der Waals surface area (Å²) < 4.78 is 14.2. The molecule has 1 N–H and O–H groups in total. The van der Waals surface area contributed by atoms with E-state index in [0.29, 0.717) is 12.1 Å². The Labute approximate surface area is 215 Å². The summed E-state index contributed by atoms with van der Waals surface area (Å²) in [6.45, 7) is 12.8. The van der Waals surface area contributed by atoms with Gasteiger partial charge in [0, 0.05) is 71.2 Å². The number of ketones is 1. The van der Waals surface area contributed by atoms with Crippen molar-refractivity contribution in [3.63, 3.8) is 0 Å². The highest BCUT2D eigenvalue weighted by Crippen LogP contribution is 2.17. The van der Waals surface area contributed by atoms with Crippen LogP contribution in [-0.4, -0.2) is 106 Å². The predicted octanol–water partition coefficient (Wildman–Crippen LogP) is 1.63. The van der Waals surface area contributed by atoms with Crippen LogP contribution in [0.15, 0.2) is 12.1 Å². The summed E-state index contributed by atoms with van der Waals surface area (Å²) in [6.07, 6.45) is 2.67. The Hall–Kier alpha value is -2.11. The summed E-state index contributed by atoms with van der Waals surface area (Å²) in [5.74, 6) is 0.136. The first-order valence-electron chi connectivity index (χ1n) is 13.3. The molecule has 0 bridgehead atoms. The molecule has 2 saturated heterocycles. The Morgan fingerprint density at radius 1 is 0.889 bits per heavy atom. The van der Waals surface area contributed by atoms with Gasteiger partial charge in [-0.05, 0) is 31.4 Å². The summed E-state index contributed by atoms with van der Waals surface area (Å²) in [4.78, 5) is 16.6. The van der Waals surface area contributed by atoms with Crippen LogP contribution in [0.2, 0.25) is 0 Å². The maximum absolute atomic E-state index is 12.0. The van der Waals surface area contributed by atoms with E-state index >= 15 is 0 Å². The second kappa shape index (κ2) is 14.6. The SMILES string of the molecule is CCc1cc(C(=O)CCN2CCOCC2)nn1C.CCc1cc([C@H](O)CCN2CCOCC2)nn1C. The van der Waals surface area contributed by atoms with E-state index in [2.05, 4.69) is 33.8 Å². The highest BCUT2D eigenvalue weighted by Gasteiger charge is 2.17. The van der Waals surface area contributed by atoms with E-state index in [-0.39, 0.29) is 5.78 Å². The highest BCUT2D eigenvalue weighted by atomic mass is 16.5. The minimum Gasteiger partial charge on any atom is -0.387 e. The number of aryl methyl sites for hydroxylation is 4. The molecule has 1 atom stereocenters. The molecule has 0 unspecified atom stereocenters. The molecule has 10 heteroatoms. The van der Waals surface area contributed by atoms with Gasteiger partial charge < -0.3 is 14.6 Å². The normalized spacial score (nSPS) is 18.0. The first-order valence-corrected chi connectivity index (χ1v) is 13.3. The molecule has 10 nitrogen and oxygen atoms in total. The summed E-state index contributed by atoms with van der Waals surface area (Å²) >= 11 is 0. The molecule has 0 amide bonds. The molecule has 2 aliphatic rings. The van der Waals surface area contributed by atoms with E-state index in [9.17, 15) is 9.90 Å². The maximum Gasteiger partial charge on any atom is 0.184 e. The topological polar surface area (TPSA) is 97.9 Å². The molecule has 0 spiro atoms. The van der Waals surface area contributed by atoms with Crippen molar-refractivity contribution in [3.8, 4) is 0 Å². The van der Waals surface area contributed by atoms with E-state index in [1.54, 1.807) is 4.68 Å². The van der Waals surface area contributed by atoms with Crippen LogP contribution in [0.4, 0.5) is 0 Å². The van der Waals surface area contributed by atoms with Gasteiger partial charge >= 0.3 is 0 Å². The quantitative estimate of drug-likeness (QED) is 0.488. The Morgan fingerprint density at radius 3 is 1.94 bits per heavy atom. The van der Waals surface area contributed by atoms with Gasteiger partial charge in [0.05, 0.1) is 38.2 Å². The standard InChI is InChI=1S/C13H23N3O2.C13H21N3O2/c2*1-3-11-10-12(14-15(11)2)13(17)4-5-16-6-8-18-9-7-16/h10,13,17H,3-9H2,1-2H3;10H,3-9H2,1-2H3/t13-;/m1./s1. The lowest BCUT2D eigenvalue weighted by Crippen LogP contribution is -2.37. The van der Waals surface area contributed by atoms with Crippen molar-refractivity contribution < 1.29 is 19.4 Å². The Morgan fingerprint density at radius 2 is 1.42 bits per heavy atom. The predicted molar refractivity (Wildman–Crippen MR) is 138 cm³/mol. The lowest BCUT2D eigenvalue weighted by Gasteiger charge is -2.27. The van der Waals surface area contributed by atoms with E-state index < -0.39 is 6.10 Å². The number of nitrogens with zero attached hydrogens (tertiary/aromatic N) is 6. The number of ether oxygens (including phenoxy) is 2. The van der Waals surface area contributed by atoms with Crippen molar-refractivity contribution in [3.05, 3.63) is 34.9 Å². The maximum atomic E-state index is 12.0. The van der Waals surface area contributed by atoms with Crippen molar-refractivity contribution in [1.82, 2.24) is 29.4 Å². The largest absolute Gasteiger partial charge is 0.387 e. The van der Waals surface area contributed by atoms with Gasteiger partial charge in [-0.1, -0.05) is 13.8 Å². The molecular formula is C26H44N6O4. The van der Waals surface area contributed by atoms with Crippen LogP contribution in [0.3, 0.4) is 0 Å². The van der Waals surface area contributed by atoms with Gasteiger partial charge in [0.2, 0.25) is 0 Å². The molecule has 2 aliphatic heterocycles. The molecule has 4 heterocycles. The number of aliphatic hydroxyl groups is 1. The second-order valence-electron chi connectivity index (χ2n) is 9.42. The molecule has 0 radical (unpaired) electrons. The lowest BCUT2D eigenvalue weighted by molar-refractivity contribution is 0.0297. The first kappa shape index (κ1) is 28.5. The zero-order valence-electron chi connectivity index (χ0n) is 22.5. The second-order valence-corrected chi connectivity index (χ2v) is 9.42. The smallest absolute Gasteiger partial charge is 0.184 e. The highest BCUT2D eigenvalue weighted by molar-refractivity contribution is 5.94. The lowest BCUT2D eigenvalue weighted by atomic mass is 10.1. The number of Topliss-reactive ketones (excluding diaryl/α,β-unsaturated/α-hetero) is 1. The van der Waals surface area contributed by atoms with Gasteiger partial charge in [-0.3, -0.25) is 24.0 Å². The number of hydrogen-bond acceptors (Lipinski definition) is 8. The summed E-state index contributed by atoms with van der Waals surface area (Å²) in [6, 6.07) is 3.91. The molecule has 36 heavy (non-hydrogen) atoms. The van der Waals surface area contributed by atoms with Crippen LogP contribution >= 0.6 is 0 Å². The summed E-state index contributed by atoms with van der Waals surface area (Å²) in [7, 11) is 3.81. The van der Waals surface area contributed by atoms with Crippen molar-refractivity contribution in [2.24, 2.45) is 14.1 Å². The van der Waals surface area contributed by atoms with Crippen LogP contribution in [0.5, 0.6) is 0 Å². The minimum absolute atomic E-state index is 0.136. The number of hydrogen-bond donors (Lipinski definition) is 1. The van der Waals surface area contributed by atoms with Crippen LogP contribution in [0.1, 0.15) is 60.4 Å². The zero-order chi connectivity index (χ0) is 25.9. The number of aromatic nitrogens is 4. The number of carbonyl (C=O) groups is 1. The van der Waals surface area contributed by atoms with Gasteiger partial charge in [0.15, 0.2) is 5.78 Å². The molecule has 2 fully saturated rings. The van der Waals surface area contributed by atoms with Crippen LogP contribution in [0.25, 0.3) is 0 Å². The molecule has 202 valence electrons. The summed E-state index contributed by atoms with van der Waals surface area (Å²) in [5.41, 5.74) is 3.66. The fourth-order valence-electron chi connectivity index (χ4n) is 4.49. The molecule has 4 rings (SSSR count). The van der Waals surface area contributed by atoms with Gasteiger partial charge in [-0.2, -0.15) is 10.2 Å². The van der Waals surface area contributed by atoms with Gasteiger partial charge in [-0.15, -0.1) is 0 Å². The number of carbonyl (C=O) groups excluding carboxylic acids is 1. The molecule has 0 aliphatic carbocycles. The molecular weight excluding hydrogens is 460 g/mol. The average Bonchev–Trinajstić information content (AvgIpc) is 3.49. The number of aliphatic hydroxyl groups excluding tert-OH is 1. The fourth-order valence-corrected chi connectivity index (χ4v) is 4.49. The van der Waals surface area contributed by atoms with Crippen LogP contribution < -0.4 is 0 Å². The third kappa shape index (κ3) is 8.48. The van der Waals surface area contributed by atoms with Crippen molar-refractivity contribution in [1.29, 1.82) is 0 Å². The molecule has 2 aromatic rings. The van der Waals surface area contributed by atoms with E-state index in [1.165, 1.54) is 0 Å².